The van der Waals surface area contributed by atoms with Crippen molar-refractivity contribution in [2.24, 2.45) is 5.73 Å². The SMILES string of the molecule is NCCC1C2=C(CCN1CCCc1ccc(Cl)c(C(F)(F)F)n1)c1cc(Cl)ccc1C2. The van der Waals surface area contributed by atoms with Gasteiger partial charge in [-0.25, -0.2) is 4.98 Å². The Balaban J connectivity index is 1.45. The molecule has 0 saturated heterocycles. The van der Waals surface area contributed by atoms with Crippen molar-refractivity contribution in [3.05, 3.63) is 68.5 Å². The maximum absolute atomic E-state index is 13.1. The lowest BCUT2D eigenvalue weighted by Gasteiger charge is -2.37. The highest BCUT2D eigenvalue weighted by Crippen LogP contribution is 2.42. The molecule has 1 aromatic carbocycles. The van der Waals surface area contributed by atoms with E-state index in [4.69, 9.17) is 28.9 Å². The molecule has 1 atom stereocenters. The zero-order valence-corrected chi connectivity index (χ0v) is 18.5. The van der Waals surface area contributed by atoms with Crippen molar-refractivity contribution >= 4 is 28.8 Å². The number of aryl methyl sites for hydroxylation is 1. The third-order valence-electron chi connectivity index (χ3n) is 6.15. The summed E-state index contributed by atoms with van der Waals surface area (Å²) < 4.78 is 39.2. The molecule has 2 heterocycles. The van der Waals surface area contributed by atoms with Gasteiger partial charge in [0.1, 0.15) is 0 Å². The molecule has 31 heavy (non-hydrogen) atoms. The summed E-state index contributed by atoms with van der Waals surface area (Å²) in [6.07, 6.45) is -0.645. The van der Waals surface area contributed by atoms with E-state index in [1.165, 1.54) is 28.3 Å². The Morgan fingerprint density at radius 3 is 2.71 bits per heavy atom. The number of hydrogen-bond donors (Lipinski definition) is 1. The Morgan fingerprint density at radius 2 is 1.97 bits per heavy atom. The predicted molar refractivity (Wildman–Crippen MR) is 118 cm³/mol. The Morgan fingerprint density at radius 1 is 1.16 bits per heavy atom. The van der Waals surface area contributed by atoms with Crippen molar-refractivity contribution in [3.8, 4) is 0 Å². The van der Waals surface area contributed by atoms with Crippen LogP contribution in [0.25, 0.3) is 5.57 Å². The second kappa shape index (κ2) is 9.10. The topological polar surface area (TPSA) is 42.1 Å². The number of halogens is 5. The predicted octanol–water partition coefficient (Wildman–Crippen LogP) is 5.77. The van der Waals surface area contributed by atoms with E-state index in [0.29, 0.717) is 25.1 Å². The number of nitrogens with zero attached hydrogens (tertiary/aromatic N) is 2. The van der Waals surface area contributed by atoms with Gasteiger partial charge < -0.3 is 5.73 Å². The van der Waals surface area contributed by atoms with Gasteiger partial charge >= 0.3 is 6.18 Å². The van der Waals surface area contributed by atoms with E-state index in [1.54, 1.807) is 6.07 Å². The third-order valence-corrected chi connectivity index (χ3v) is 6.69. The minimum atomic E-state index is -4.55. The number of hydrogen-bond acceptors (Lipinski definition) is 3. The summed E-state index contributed by atoms with van der Waals surface area (Å²) in [5.41, 5.74) is 10.7. The van der Waals surface area contributed by atoms with Crippen LogP contribution in [0.15, 0.2) is 35.9 Å². The monoisotopic (exact) mass is 469 g/mol. The summed E-state index contributed by atoms with van der Waals surface area (Å²) in [7, 11) is 0. The van der Waals surface area contributed by atoms with Crippen molar-refractivity contribution in [1.29, 1.82) is 0 Å². The van der Waals surface area contributed by atoms with Gasteiger partial charge in [0, 0.05) is 23.3 Å². The smallest absolute Gasteiger partial charge is 0.330 e. The molecule has 3 nitrogen and oxygen atoms in total. The lowest BCUT2D eigenvalue weighted by atomic mass is 9.90. The lowest BCUT2D eigenvalue weighted by Crippen LogP contribution is -2.42. The third kappa shape index (κ3) is 4.77. The Bertz CT molecular complexity index is 1000. The highest BCUT2D eigenvalue weighted by molar-refractivity contribution is 6.31. The fraction of sp³-hybridized carbons (Fsp3) is 0.435. The van der Waals surface area contributed by atoms with Gasteiger partial charge in [-0.15, -0.1) is 0 Å². The molecule has 166 valence electrons. The summed E-state index contributed by atoms with van der Waals surface area (Å²) in [6.45, 7) is 2.27. The molecular weight excluding hydrogens is 446 g/mol. The zero-order valence-electron chi connectivity index (χ0n) is 17.0. The summed E-state index contributed by atoms with van der Waals surface area (Å²) in [6, 6.07) is 9.20. The van der Waals surface area contributed by atoms with Crippen LogP contribution in [0.1, 0.15) is 41.8 Å². The number of rotatable bonds is 6. The quantitative estimate of drug-likeness (QED) is 0.583. The van der Waals surface area contributed by atoms with Crippen molar-refractivity contribution in [2.75, 3.05) is 19.6 Å². The molecule has 0 fully saturated rings. The second-order valence-electron chi connectivity index (χ2n) is 8.10. The van der Waals surface area contributed by atoms with Crippen LogP contribution >= 0.6 is 23.2 Å². The molecule has 1 aromatic heterocycles. The Hall–Kier alpha value is -1.60. The van der Waals surface area contributed by atoms with E-state index < -0.39 is 11.9 Å². The molecule has 2 aliphatic rings. The molecule has 0 spiro atoms. The summed E-state index contributed by atoms with van der Waals surface area (Å²) in [5.74, 6) is 0. The van der Waals surface area contributed by atoms with Crippen LogP contribution in [0.5, 0.6) is 0 Å². The second-order valence-corrected chi connectivity index (χ2v) is 8.94. The van der Waals surface area contributed by atoms with Crippen LogP contribution in [0, 0.1) is 0 Å². The van der Waals surface area contributed by atoms with Crippen LogP contribution in [-0.4, -0.2) is 35.6 Å². The van der Waals surface area contributed by atoms with Crippen LogP contribution in [-0.2, 0) is 19.0 Å². The molecule has 0 radical (unpaired) electrons. The fourth-order valence-corrected chi connectivity index (χ4v) is 5.17. The van der Waals surface area contributed by atoms with Crippen molar-refractivity contribution in [1.82, 2.24) is 9.88 Å². The first kappa shape index (κ1) is 22.6. The first-order valence-electron chi connectivity index (χ1n) is 10.5. The molecule has 0 saturated carbocycles. The van der Waals surface area contributed by atoms with Gasteiger partial charge in [-0.1, -0.05) is 29.3 Å². The van der Waals surface area contributed by atoms with Gasteiger partial charge in [-0.2, -0.15) is 13.2 Å². The molecule has 1 aliphatic carbocycles. The Kier molecular flexibility index (Phi) is 6.63. The molecular formula is C23H24Cl2F3N3. The summed E-state index contributed by atoms with van der Waals surface area (Å²) in [5, 5.41) is 0.384. The van der Waals surface area contributed by atoms with Crippen LogP contribution < -0.4 is 5.73 Å². The van der Waals surface area contributed by atoms with Gasteiger partial charge in [0.15, 0.2) is 5.69 Å². The zero-order chi connectivity index (χ0) is 22.2. The standard InChI is InChI=1S/C23H24Cl2F3N3/c24-15-4-3-14-12-19-17(18(14)13-15)8-11-31(21(19)7-9-29)10-1-2-16-5-6-20(25)22(30-16)23(26,27)28/h3-6,13,21H,1-2,7-12,29H2. The van der Waals surface area contributed by atoms with E-state index in [1.807, 2.05) is 6.07 Å². The van der Waals surface area contributed by atoms with E-state index in [9.17, 15) is 13.2 Å². The largest absolute Gasteiger partial charge is 0.434 e. The number of fused-ring (bicyclic) bond motifs is 2. The van der Waals surface area contributed by atoms with Gasteiger partial charge in [0.05, 0.1) is 5.02 Å². The Labute approximate surface area is 190 Å². The number of benzene rings is 1. The average Bonchev–Trinajstić information content (AvgIpc) is 3.08. The molecule has 4 rings (SSSR count). The minimum Gasteiger partial charge on any atom is -0.330 e. The first-order valence-corrected chi connectivity index (χ1v) is 11.2. The highest BCUT2D eigenvalue weighted by atomic mass is 35.5. The number of alkyl halides is 3. The van der Waals surface area contributed by atoms with Crippen molar-refractivity contribution < 1.29 is 13.2 Å². The van der Waals surface area contributed by atoms with Gasteiger partial charge in [-0.05, 0) is 91.7 Å². The first-order chi connectivity index (χ1) is 14.8. The normalized spacial score (nSPS) is 19.0. The van der Waals surface area contributed by atoms with Crippen LogP contribution in [0.4, 0.5) is 13.2 Å². The molecule has 2 N–H and O–H groups in total. The molecule has 8 heteroatoms. The molecule has 1 unspecified atom stereocenters. The van der Waals surface area contributed by atoms with Crippen molar-refractivity contribution in [2.45, 2.75) is 44.3 Å². The van der Waals surface area contributed by atoms with E-state index >= 15 is 0 Å². The number of pyridine rings is 1. The van der Waals surface area contributed by atoms with E-state index in [2.05, 4.69) is 22.0 Å². The van der Waals surface area contributed by atoms with Gasteiger partial charge in [0.25, 0.3) is 0 Å². The average molecular weight is 470 g/mol. The van der Waals surface area contributed by atoms with Crippen LogP contribution in [0.2, 0.25) is 10.0 Å². The summed E-state index contributed by atoms with van der Waals surface area (Å²) >= 11 is 11.9. The number of nitrogens with two attached hydrogens (primary N) is 1. The van der Waals surface area contributed by atoms with Gasteiger partial charge in [0.2, 0.25) is 0 Å². The van der Waals surface area contributed by atoms with Gasteiger partial charge in [-0.3, -0.25) is 4.90 Å². The van der Waals surface area contributed by atoms with E-state index in [0.717, 1.165) is 37.4 Å². The lowest BCUT2D eigenvalue weighted by molar-refractivity contribution is -0.141. The summed E-state index contributed by atoms with van der Waals surface area (Å²) in [4.78, 5) is 6.17. The molecule has 1 aliphatic heterocycles. The molecule has 0 amide bonds. The van der Waals surface area contributed by atoms with E-state index in [-0.39, 0.29) is 11.1 Å². The molecule has 2 aromatic rings. The van der Waals surface area contributed by atoms with Crippen LogP contribution in [0.3, 0.4) is 0 Å². The molecule has 0 bridgehead atoms. The fourth-order valence-electron chi connectivity index (χ4n) is 4.78. The maximum Gasteiger partial charge on any atom is 0.434 e. The minimum absolute atomic E-state index is 0.254. The highest BCUT2D eigenvalue weighted by Gasteiger charge is 2.36. The maximum atomic E-state index is 13.1. The van der Waals surface area contributed by atoms with Crippen molar-refractivity contribution in [3.63, 3.8) is 0 Å². The number of aromatic nitrogens is 1.